The van der Waals surface area contributed by atoms with Crippen molar-refractivity contribution >= 4 is 27.4 Å². The lowest BCUT2D eigenvalue weighted by molar-refractivity contribution is 0.281. The van der Waals surface area contributed by atoms with E-state index in [1.54, 1.807) is 17.7 Å². The van der Waals surface area contributed by atoms with Gasteiger partial charge in [-0.15, -0.1) is 11.3 Å². The summed E-state index contributed by atoms with van der Waals surface area (Å²) >= 11 is 1.65. The average Bonchev–Trinajstić information content (AvgIpc) is 2.97. The maximum Gasteiger partial charge on any atom is 0.141 e. The fourth-order valence-electron chi connectivity index (χ4n) is 3.22. The zero-order valence-corrected chi connectivity index (χ0v) is 16.3. The molecule has 0 radical (unpaired) electrons. The van der Waals surface area contributed by atoms with Crippen LogP contribution in [-0.4, -0.2) is 46.5 Å². The number of hydrogen-bond donors (Lipinski definition) is 2. The Kier molecular flexibility index (Phi) is 5.86. The first-order valence-electron chi connectivity index (χ1n) is 8.88. The lowest BCUT2D eigenvalue weighted by Crippen LogP contribution is -2.30. The topological polar surface area (TPSA) is 69.5 Å². The Bertz CT molecular complexity index is 869. The lowest BCUT2D eigenvalue weighted by atomic mass is 9.97. The van der Waals surface area contributed by atoms with E-state index in [1.807, 2.05) is 4.90 Å². The molecule has 3 rings (SSSR count). The van der Waals surface area contributed by atoms with E-state index in [0.717, 1.165) is 27.2 Å². The number of hydrogen-bond acceptors (Lipinski definition) is 6. The van der Waals surface area contributed by atoms with Gasteiger partial charge in [-0.2, -0.15) is 0 Å². The van der Waals surface area contributed by atoms with E-state index in [0.29, 0.717) is 19.0 Å². The molecule has 6 heteroatoms. The van der Waals surface area contributed by atoms with E-state index in [9.17, 15) is 10.2 Å². The average molecular weight is 372 g/mol. The van der Waals surface area contributed by atoms with Gasteiger partial charge in [-0.1, -0.05) is 38.1 Å². The first kappa shape index (κ1) is 18.8. The smallest absolute Gasteiger partial charge is 0.141 e. The summed E-state index contributed by atoms with van der Waals surface area (Å²) < 4.78 is 0. The molecule has 0 aliphatic heterocycles. The van der Waals surface area contributed by atoms with Gasteiger partial charge in [0.15, 0.2) is 0 Å². The Morgan fingerprint density at radius 2 is 1.69 bits per heavy atom. The minimum absolute atomic E-state index is 0.00698. The van der Waals surface area contributed by atoms with E-state index in [1.165, 1.54) is 10.4 Å². The van der Waals surface area contributed by atoms with Crippen LogP contribution >= 0.6 is 11.3 Å². The van der Waals surface area contributed by atoms with Gasteiger partial charge in [-0.25, -0.2) is 9.97 Å². The lowest BCUT2D eigenvalue weighted by Gasteiger charge is -2.22. The standard InChI is InChI=1S/C20H25N3O2S/c1-13(2)15-4-6-16(7-5-15)17-14(3)26-20-18(17)19(21-12-22-20)23(8-10-24)9-11-25/h4-7,12-13,24-25H,8-11H2,1-3H3. The molecule has 2 heterocycles. The molecule has 3 aromatic rings. The minimum atomic E-state index is 0.00698. The van der Waals surface area contributed by atoms with Crippen molar-refractivity contribution in [2.75, 3.05) is 31.2 Å². The highest BCUT2D eigenvalue weighted by Crippen LogP contribution is 2.41. The molecule has 2 N–H and O–H groups in total. The van der Waals surface area contributed by atoms with Gasteiger partial charge in [0.05, 0.1) is 18.6 Å². The molecule has 0 aliphatic carbocycles. The predicted molar refractivity (Wildman–Crippen MR) is 108 cm³/mol. The summed E-state index contributed by atoms with van der Waals surface area (Å²) in [6.07, 6.45) is 1.56. The van der Waals surface area contributed by atoms with Crippen molar-refractivity contribution in [2.24, 2.45) is 0 Å². The van der Waals surface area contributed by atoms with Gasteiger partial charge in [0, 0.05) is 23.5 Å². The monoisotopic (exact) mass is 371 g/mol. The third kappa shape index (κ3) is 3.58. The minimum Gasteiger partial charge on any atom is -0.395 e. The van der Waals surface area contributed by atoms with Crippen molar-refractivity contribution in [3.8, 4) is 11.1 Å². The molecule has 26 heavy (non-hydrogen) atoms. The molecule has 1 aromatic carbocycles. The van der Waals surface area contributed by atoms with Crippen LogP contribution in [-0.2, 0) is 0 Å². The molecule has 0 aliphatic rings. The molecule has 0 fully saturated rings. The number of thiophene rings is 1. The van der Waals surface area contributed by atoms with Crippen molar-refractivity contribution in [3.63, 3.8) is 0 Å². The summed E-state index contributed by atoms with van der Waals surface area (Å²) in [4.78, 5) is 13.0. The number of aryl methyl sites for hydroxylation is 1. The summed E-state index contributed by atoms with van der Waals surface area (Å²) in [5.41, 5.74) is 3.59. The van der Waals surface area contributed by atoms with E-state index in [4.69, 9.17) is 0 Å². The maximum atomic E-state index is 9.41. The summed E-state index contributed by atoms with van der Waals surface area (Å²) in [5.74, 6) is 1.26. The highest BCUT2D eigenvalue weighted by atomic mass is 32.1. The summed E-state index contributed by atoms with van der Waals surface area (Å²) in [7, 11) is 0. The van der Waals surface area contributed by atoms with Gasteiger partial charge in [-0.05, 0) is 24.0 Å². The van der Waals surface area contributed by atoms with Crippen molar-refractivity contribution < 1.29 is 10.2 Å². The maximum absolute atomic E-state index is 9.41. The van der Waals surface area contributed by atoms with Crippen LogP contribution < -0.4 is 4.90 Å². The molecule has 0 amide bonds. The SMILES string of the molecule is Cc1sc2ncnc(N(CCO)CCO)c2c1-c1ccc(C(C)C)cc1. The molecule has 5 nitrogen and oxygen atoms in total. The molecule has 138 valence electrons. The highest BCUT2D eigenvalue weighted by Gasteiger charge is 2.20. The molecule has 0 saturated carbocycles. The Morgan fingerprint density at radius 1 is 1.04 bits per heavy atom. The third-order valence-electron chi connectivity index (χ3n) is 4.55. The summed E-state index contributed by atoms with van der Waals surface area (Å²) in [6.45, 7) is 7.34. The quantitative estimate of drug-likeness (QED) is 0.664. The fourth-order valence-corrected chi connectivity index (χ4v) is 4.22. The number of fused-ring (bicyclic) bond motifs is 1. The Hall–Kier alpha value is -2.02. The number of aliphatic hydroxyl groups is 2. The zero-order valence-electron chi connectivity index (χ0n) is 15.4. The number of aromatic nitrogens is 2. The predicted octanol–water partition coefficient (Wildman–Crippen LogP) is 3.58. The van der Waals surface area contributed by atoms with Crippen molar-refractivity contribution in [1.29, 1.82) is 0 Å². The number of benzene rings is 1. The Labute approximate surface area is 158 Å². The third-order valence-corrected chi connectivity index (χ3v) is 5.56. The number of nitrogens with zero attached hydrogens (tertiary/aromatic N) is 3. The molecule has 0 spiro atoms. The van der Waals surface area contributed by atoms with E-state index >= 15 is 0 Å². The first-order valence-corrected chi connectivity index (χ1v) is 9.69. The summed E-state index contributed by atoms with van der Waals surface area (Å²) in [5, 5.41) is 19.8. The molecule has 0 atom stereocenters. The second-order valence-electron chi connectivity index (χ2n) is 6.62. The van der Waals surface area contributed by atoms with Gasteiger partial charge in [0.2, 0.25) is 0 Å². The normalized spacial score (nSPS) is 11.5. The second kappa shape index (κ2) is 8.12. The van der Waals surface area contributed by atoms with Crippen LogP contribution in [0.4, 0.5) is 5.82 Å². The number of rotatable bonds is 7. The fraction of sp³-hybridized carbons (Fsp3) is 0.400. The van der Waals surface area contributed by atoms with Crippen LogP contribution in [0.15, 0.2) is 30.6 Å². The van der Waals surface area contributed by atoms with Gasteiger partial charge >= 0.3 is 0 Å². The van der Waals surface area contributed by atoms with Crippen LogP contribution in [0.1, 0.15) is 30.2 Å². The highest BCUT2D eigenvalue weighted by molar-refractivity contribution is 7.19. The Morgan fingerprint density at radius 3 is 2.27 bits per heavy atom. The van der Waals surface area contributed by atoms with E-state index in [2.05, 4.69) is 55.0 Å². The molecule has 2 aromatic heterocycles. The molecular weight excluding hydrogens is 346 g/mol. The van der Waals surface area contributed by atoms with Gasteiger partial charge < -0.3 is 15.1 Å². The zero-order chi connectivity index (χ0) is 18.7. The van der Waals surface area contributed by atoms with Gasteiger partial charge in [0.25, 0.3) is 0 Å². The van der Waals surface area contributed by atoms with Crippen molar-refractivity contribution in [3.05, 3.63) is 41.0 Å². The van der Waals surface area contributed by atoms with E-state index in [-0.39, 0.29) is 13.2 Å². The largest absolute Gasteiger partial charge is 0.395 e. The van der Waals surface area contributed by atoms with Crippen LogP contribution in [0.3, 0.4) is 0 Å². The molecule has 0 bridgehead atoms. The number of aliphatic hydroxyl groups excluding tert-OH is 2. The Balaban J connectivity index is 2.17. The van der Waals surface area contributed by atoms with Crippen LogP contribution in [0, 0.1) is 6.92 Å². The van der Waals surface area contributed by atoms with E-state index < -0.39 is 0 Å². The van der Waals surface area contributed by atoms with Gasteiger partial charge in [0.1, 0.15) is 17.0 Å². The van der Waals surface area contributed by atoms with Crippen LogP contribution in [0.2, 0.25) is 0 Å². The molecule has 0 saturated heterocycles. The molecular formula is C20H25N3O2S. The summed E-state index contributed by atoms with van der Waals surface area (Å²) in [6, 6.07) is 8.66. The van der Waals surface area contributed by atoms with Crippen LogP contribution in [0.25, 0.3) is 21.3 Å². The van der Waals surface area contributed by atoms with Crippen molar-refractivity contribution in [2.45, 2.75) is 26.7 Å². The molecule has 0 unspecified atom stereocenters. The van der Waals surface area contributed by atoms with Crippen molar-refractivity contribution in [1.82, 2.24) is 9.97 Å². The number of anilines is 1. The van der Waals surface area contributed by atoms with Gasteiger partial charge in [-0.3, -0.25) is 0 Å². The first-order chi connectivity index (χ1) is 12.6. The van der Waals surface area contributed by atoms with Crippen LogP contribution in [0.5, 0.6) is 0 Å². The second-order valence-corrected chi connectivity index (χ2v) is 7.82.